The van der Waals surface area contributed by atoms with E-state index in [4.69, 9.17) is 5.73 Å². The topological polar surface area (TPSA) is 46.3 Å². The molecule has 21 heavy (non-hydrogen) atoms. The van der Waals surface area contributed by atoms with E-state index in [2.05, 4.69) is 0 Å². The summed E-state index contributed by atoms with van der Waals surface area (Å²) in [6, 6.07) is 2.54. The number of carbonyl (C=O) groups is 1. The van der Waals surface area contributed by atoms with Crippen molar-refractivity contribution in [1.82, 2.24) is 4.90 Å². The van der Waals surface area contributed by atoms with Crippen molar-refractivity contribution in [2.45, 2.75) is 32.0 Å². The molecule has 1 atom stereocenters. The molecule has 0 radical (unpaired) electrons. The number of hydrogen-bond donors (Lipinski definition) is 1. The molecule has 0 bridgehead atoms. The van der Waals surface area contributed by atoms with Crippen molar-refractivity contribution >= 4 is 11.6 Å². The number of benzene rings is 1. The molecule has 0 spiro atoms. The molecular formula is C14H16F4N2O. The van der Waals surface area contributed by atoms with Crippen LogP contribution in [0.5, 0.6) is 0 Å². The lowest BCUT2D eigenvalue weighted by molar-refractivity contribution is -0.144. The second kappa shape index (κ2) is 5.54. The molecule has 3 nitrogen and oxygen atoms in total. The maximum absolute atomic E-state index is 13.0. The Labute approximate surface area is 119 Å². The van der Waals surface area contributed by atoms with Crippen molar-refractivity contribution in [3.05, 3.63) is 29.6 Å². The highest BCUT2D eigenvalue weighted by Crippen LogP contribution is 2.37. The van der Waals surface area contributed by atoms with Crippen LogP contribution in [0.1, 0.15) is 30.1 Å². The van der Waals surface area contributed by atoms with Crippen molar-refractivity contribution in [2.75, 3.05) is 12.3 Å². The smallest absolute Gasteiger partial charge is 0.398 e. The monoisotopic (exact) mass is 304 g/mol. The number of nitrogens with zero attached hydrogens (tertiary/aromatic N) is 1. The van der Waals surface area contributed by atoms with E-state index in [-0.39, 0.29) is 17.2 Å². The van der Waals surface area contributed by atoms with Gasteiger partial charge in [-0.25, -0.2) is 4.39 Å². The van der Waals surface area contributed by atoms with Gasteiger partial charge in [-0.2, -0.15) is 13.2 Å². The number of carbonyl (C=O) groups excluding carboxylic acids is 1. The Hall–Kier alpha value is -1.79. The van der Waals surface area contributed by atoms with Crippen molar-refractivity contribution < 1.29 is 22.4 Å². The highest BCUT2D eigenvalue weighted by Gasteiger charge is 2.41. The van der Waals surface area contributed by atoms with Crippen LogP contribution in [0.4, 0.5) is 23.2 Å². The first-order valence-corrected chi connectivity index (χ1v) is 6.62. The fraction of sp³-hybridized carbons (Fsp3) is 0.500. The van der Waals surface area contributed by atoms with E-state index in [0.29, 0.717) is 0 Å². The van der Waals surface area contributed by atoms with E-state index >= 15 is 0 Å². The zero-order chi connectivity index (χ0) is 15.8. The number of halogens is 4. The van der Waals surface area contributed by atoms with Crippen molar-refractivity contribution in [3.63, 3.8) is 0 Å². The number of alkyl halides is 3. The van der Waals surface area contributed by atoms with E-state index in [1.807, 2.05) is 0 Å². The van der Waals surface area contributed by atoms with Crippen molar-refractivity contribution in [2.24, 2.45) is 5.92 Å². The summed E-state index contributed by atoms with van der Waals surface area (Å²) in [5, 5.41) is 0. The Bertz CT molecular complexity index is 540. The Morgan fingerprint density at radius 3 is 2.52 bits per heavy atom. The lowest BCUT2D eigenvalue weighted by atomic mass is 10.1. The molecule has 1 unspecified atom stereocenters. The molecule has 2 N–H and O–H groups in total. The molecule has 0 aliphatic heterocycles. The molecule has 0 saturated heterocycles. The first kappa shape index (κ1) is 15.6. The van der Waals surface area contributed by atoms with Gasteiger partial charge < -0.3 is 10.6 Å². The van der Waals surface area contributed by atoms with Gasteiger partial charge in [0.15, 0.2) is 0 Å². The second-order valence-electron chi connectivity index (χ2n) is 5.36. The highest BCUT2D eigenvalue weighted by atomic mass is 19.4. The van der Waals surface area contributed by atoms with Gasteiger partial charge in [0.05, 0.1) is 5.56 Å². The van der Waals surface area contributed by atoms with Crippen LogP contribution < -0.4 is 5.73 Å². The minimum absolute atomic E-state index is 0.0815. The predicted molar refractivity (Wildman–Crippen MR) is 70.1 cm³/mol. The largest absolute Gasteiger partial charge is 0.406 e. The SMILES string of the molecule is CC(C1CC1)N(CC(F)(F)F)C(=O)c1ccc(F)cc1N. The third-order valence-electron chi connectivity index (χ3n) is 3.65. The maximum atomic E-state index is 13.0. The summed E-state index contributed by atoms with van der Waals surface area (Å²) >= 11 is 0. The summed E-state index contributed by atoms with van der Waals surface area (Å²) in [7, 11) is 0. The van der Waals surface area contributed by atoms with E-state index in [1.165, 1.54) is 0 Å². The lowest BCUT2D eigenvalue weighted by Crippen LogP contribution is -2.45. The number of anilines is 1. The molecule has 0 aromatic heterocycles. The van der Waals surface area contributed by atoms with Gasteiger partial charge in [0, 0.05) is 11.7 Å². The first-order valence-electron chi connectivity index (χ1n) is 6.62. The molecule has 1 aliphatic rings. The molecule has 1 aromatic rings. The number of rotatable bonds is 4. The van der Waals surface area contributed by atoms with Crippen LogP contribution in [0, 0.1) is 11.7 Å². The molecule has 2 rings (SSSR count). The summed E-state index contributed by atoms with van der Waals surface area (Å²) in [5.74, 6) is -1.37. The lowest BCUT2D eigenvalue weighted by Gasteiger charge is -2.30. The van der Waals surface area contributed by atoms with E-state index < -0.39 is 30.5 Å². The Kier molecular flexibility index (Phi) is 4.11. The number of amides is 1. The van der Waals surface area contributed by atoms with Gasteiger partial charge in [-0.05, 0) is 43.9 Å². The average Bonchev–Trinajstić information content (AvgIpc) is 3.17. The summed E-state index contributed by atoms with van der Waals surface area (Å²) in [6.07, 6.45) is -2.88. The summed E-state index contributed by atoms with van der Waals surface area (Å²) in [5.41, 5.74) is 5.29. The van der Waals surface area contributed by atoms with Crippen LogP contribution in [0.3, 0.4) is 0 Å². The Balaban J connectivity index is 2.28. The number of nitrogens with two attached hydrogens (primary N) is 1. The quantitative estimate of drug-likeness (QED) is 0.686. The van der Waals surface area contributed by atoms with Crippen molar-refractivity contribution in [3.8, 4) is 0 Å². The van der Waals surface area contributed by atoms with Crippen molar-refractivity contribution in [1.29, 1.82) is 0 Å². The van der Waals surface area contributed by atoms with Crippen LogP contribution in [0.15, 0.2) is 18.2 Å². The third-order valence-corrected chi connectivity index (χ3v) is 3.65. The highest BCUT2D eigenvalue weighted by molar-refractivity contribution is 5.99. The number of nitrogen functional groups attached to an aromatic ring is 1. The van der Waals surface area contributed by atoms with Gasteiger partial charge >= 0.3 is 6.18 Å². The standard InChI is InChI=1S/C14H16F4N2O/c1-8(9-2-3-9)20(7-14(16,17)18)13(21)11-5-4-10(15)6-12(11)19/h4-6,8-9H,2-3,7,19H2,1H3. The predicted octanol–water partition coefficient (Wildman–Crippen LogP) is 3.21. The Morgan fingerprint density at radius 1 is 1.43 bits per heavy atom. The van der Waals surface area contributed by atoms with Gasteiger partial charge in [0.2, 0.25) is 0 Å². The first-order chi connectivity index (χ1) is 9.69. The fourth-order valence-electron chi connectivity index (χ4n) is 2.31. The van der Waals surface area contributed by atoms with Gasteiger partial charge in [0.1, 0.15) is 12.4 Å². The van der Waals surface area contributed by atoms with Crippen LogP contribution in [-0.2, 0) is 0 Å². The minimum Gasteiger partial charge on any atom is -0.398 e. The second-order valence-corrected chi connectivity index (χ2v) is 5.36. The molecule has 1 amide bonds. The number of hydrogen-bond acceptors (Lipinski definition) is 2. The molecule has 1 saturated carbocycles. The summed E-state index contributed by atoms with van der Waals surface area (Å²) in [4.78, 5) is 13.1. The van der Waals surface area contributed by atoms with Crippen LogP contribution >= 0.6 is 0 Å². The Morgan fingerprint density at radius 2 is 2.05 bits per heavy atom. The van der Waals surface area contributed by atoms with Gasteiger partial charge in [-0.3, -0.25) is 4.79 Å². The van der Waals surface area contributed by atoms with Crippen LogP contribution in [0.25, 0.3) is 0 Å². The molecule has 7 heteroatoms. The molecule has 1 fully saturated rings. The van der Waals surface area contributed by atoms with Gasteiger partial charge in [0.25, 0.3) is 5.91 Å². The van der Waals surface area contributed by atoms with Gasteiger partial charge in [-0.15, -0.1) is 0 Å². The molecule has 1 aliphatic carbocycles. The average molecular weight is 304 g/mol. The summed E-state index contributed by atoms with van der Waals surface area (Å²) < 4.78 is 51.1. The normalized spacial score (nSPS) is 16.6. The third kappa shape index (κ3) is 3.86. The zero-order valence-corrected chi connectivity index (χ0v) is 11.5. The molecule has 1 aromatic carbocycles. The zero-order valence-electron chi connectivity index (χ0n) is 11.5. The van der Waals surface area contributed by atoms with Gasteiger partial charge in [-0.1, -0.05) is 0 Å². The van der Waals surface area contributed by atoms with E-state index in [0.717, 1.165) is 35.9 Å². The summed E-state index contributed by atoms with van der Waals surface area (Å²) in [6.45, 7) is 0.265. The molecule has 116 valence electrons. The minimum atomic E-state index is -4.49. The molecule has 0 heterocycles. The van der Waals surface area contributed by atoms with Crippen LogP contribution in [-0.4, -0.2) is 29.6 Å². The molecular weight excluding hydrogens is 288 g/mol. The van der Waals surface area contributed by atoms with Crippen LogP contribution in [0.2, 0.25) is 0 Å². The fourth-order valence-corrected chi connectivity index (χ4v) is 2.31. The van der Waals surface area contributed by atoms with E-state index in [1.54, 1.807) is 6.92 Å². The van der Waals surface area contributed by atoms with E-state index in [9.17, 15) is 22.4 Å². The maximum Gasteiger partial charge on any atom is 0.406 e.